The molecule has 0 heterocycles. The molecule has 0 amide bonds. The Morgan fingerprint density at radius 3 is 1.33 bits per heavy atom. The van der Waals surface area contributed by atoms with Crippen LogP contribution in [0.4, 0.5) is 4.79 Å². The zero-order chi connectivity index (χ0) is 3.58. The van der Waals surface area contributed by atoms with E-state index in [0.717, 1.165) is 0 Å². The van der Waals surface area contributed by atoms with E-state index in [1.165, 1.54) is 0 Å². The first-order valence-electron chi connectivity index (χ1n) is 0.651. The van der Waals surface area contributed by atoms with E-state index in [1.54, 1.807) is 0 Å². The average molecular weight is 105 g/mol. The van der Waals surface area contributed by atoms with Gasteiger partial charge < -0.3 is 16.4 Å². The second-order valence-corrected chi connectivity index (χ2v) is 0.283. The molecule has 0 saturated heterocycles. The lowest BCUT2D eigenvalue weighted by Crippen LogP contribution is -1.81. The van der Waals surface area contributed by atoms with E-state index in [2.05, 4.69) is 0 Å². The molecule has 4 nitrogen and oxygen atoms in total. The van der Waals surface area contributed by atoms with E-state index in [-0.39, 0.29) is 29.2 Å². The van der Waals surface area contributed by atoms with Gasteiger partial charge in [-0.15, -0.1) is 0 Å². The Balaban J connectivity index is -0.0000000450. The van der Waals surface area contributed by atoms with E-state index in [4.69, 9.17) is 15.0 Å². The second-order valence-electron chi connectivity index (χ2n) is 0.283. The fraction of sp³-hybridized carbons (Fsp3) is 0. The highest BCUT2D eigenvalue weighted by Gasteiger charge is 1.70. The summed E-state index contributed by atoms with van der Waals surface area (Å²) in [5, 5.41) is 13.9. The van der Waals surface area contributed by atoms with Crippen LogP contribution in [0.25, 0.3) is 0 Å². The lowest BCUT2D eigenvalue weighted by atomic mass is 11.5. The Labute approximate surface area is 50.9 Å². The smallest absolute Gasteiger partial charge is 0.450 e. The molecular weight excluding hydrogens is 98.3 g/mol. The van der Waals surface area contributed by atoms with Gasteiger partial charge in [0, 0.05) is 0 Å². The van der Waals surface area contributed by atoms with Gasteiger partial charge in [0.25, 0.3) is 0 Å². The van der Waals surface area contributed by atoms with Gasteiger partial charge in [0.05, 0.1) is 0 Å². The first-order chi connectivity index (χ1) is 1.73. The molecule has 0 atom stereocenters. The fourth-order valence-corrected chi connectivity index (χ4v) is 0. The van der Waals surface area contributed by atoms with E-state index >= 15 is 0 Å². The van der Waals surface area contributed by atoms with Crippen LogP contribution in [0, 0.1) is 0 Å². The average Bonchev–Trinajstić information content (AvgIpc) is 0.811. The van der Waals surface area contributed by atoms with Crippen LogP contribution in [-0.2, 0) is 0 Å². The van der Waals surface area contributed by atoms with Gasteiger partial charge >= 0.3 is 29.2 Å². The van der Waals surface area contributed by atoms with Crippen LogP contribution in [-0.4, -0.2) is 39.4 Å². The predicted molar refractivity (Wildman–Crippen MR) is 24.2 cm³/mol. The van der Waals surface area contributed by atoms with Crippen molar-refractivity contribution in [3.8, 4) is 0 Å². The lowest BCUT2D eigenvalue weighted by Gasteiger charge is -1.60. The Morgan fingerprint density at radius 2 is 1.33 bits per heavy atom. The van der Waals surface area contributed by atoms with Crippen LogP contribution in [0.3, 0.4) is 0 Å². The third-order valence-corrected chi connectivity index (χ3v) is 0. The lowest BCUT2D eigenvalue weighted by molar-refractivity contribution is 0.137. The summed E-state index contributed by atoms with van der Waals surface area (Å²) >= 11 is 0. The van der Waals surface area contributed by atoms with E-state index in [9.17, 15) is 0 Å². The van der Waals surface area contributed by atoms with Gasteiger partial charge in [-0.3, -0.25) is 0 Å². The molecule has 0 aromatic carbocycles. The molecule has 0 aliphatic carbocycles. The molecule has 0 aromatic heterocycles. The van der Waals surface area contributed by atoms with Gasteiger partial charge in [-0.2, -0.15) is 0 Å². The van der Waals surface area contributed by atoms with Gasteiger partial charge in [-0.1, -0.05) is 0 Å². The normalized spacial score (nSPS) is 4.00. The minimum absolute atomic E-state index is 0. The predicted octanol–water partition coefficient (Wildman–Crippen LogP) is -0.532. The minimum atomic E-state index is -1.83. The molecule has 0 spiro atoms. The van der Waals surface area contributed by atoms with Crippen molar-refractivity contribution in [2.24, 2.45) is 0 Å². The molecule has 0 fully saturated rings. The van der Waals surface area contributed by atoms with Gasteiger partial charge in [0.2, 0.25) is 0 Å². The number of hydrogen-bond acceptors (Lipinski definition) is 2. The summed E-state index contributed by atoms with van der Waals surface area (Å²) < 4.78 is 0. The first kappa shape index (κ1) is 16.7. The zero-order valence-corrected chi connectivity index (χ0v) is 2.51. The highest BCUT2D eigenvalue weighted by molar-refractivity contribution is 5.75. The Bertz CT molecular complexity index is 33.8. The molecule has 5 heteroatoms. The third-order valence-electron chi connectivity index (χ3n) is 0. The molecule has 36 valence electrons. The van der Waals surface area contributed by atoms with E-state index < -0.39 is 6.16 Å². The maximum Gasteiger partial charge on any atom is 0.503 e. The molecule has 0 unspecified atom stereocenters. The standard InChI is InChI=1S/CH2O3.Mg.H3N.2H/c2-1(3)4;;;;/h(H2,2,3,4);;1H3;;. The van der Waals surface area contributed by atoms with Crippen LogP contribution in [0.1, 0.15) is 0 Å². The highest BCUT2D eigenvalue weighted by atomic mass is 24.3. The van der Waals surface area contributed by atoms with Gasteiger partial charge in [0.1, 0.15) is 0 Å². The maximum atomic E-state index is 8.56. The van der Waals surface area contributed by atoms with Crippen molar-refractivity contribution in [1.82, 2.24) is 6.15 Å². The first-order valence-corrected chi connectivity index (χ1v) is 0.651. The van der Waals surface area contributed by atoms with Crippen LogP contribution < -0.4 is 6.15 Å². The Kier molecular flexibility index (Phi) is 24.7. The molecule has 0 saturated carbocycles. The van der Waals surface area contributed by atoms with E-state index in [0.29, 0.717) is 0 Å². The quantitative estimate of drug-likeness (QED) is 0.361. The molecule has 0 radical (unpaired) electrons. The summed E-state index contributed by atoms with van der Waals surface area (Å²) in [5.41, 5.74) is 0. The molecule has 0 aliphatic heterocycles. The van der Waals surface area contributed by atoms with Crippen LogP contribution in [0.2, 0.25) is 0 Å². The molecule has 0 aromatic rings. The number of carbonyl (C=O) groups is 1. The van der Waals surface area contributed by atoms with Crippen molar-refractivity contribution in [2.75, 3.05) is 0 Å². The van der Waals surface area contributed by atoms with Crippen molar-refractivity contribution in [3.05, 3.63) is 0 Å². The van der Waals surface area contributed by atoms with Crippen molar-refractivity contribution >= 4 is 29.2 Å². The number of rotatable bonds is 0. The highest BCUT2D eigenvalue weighted by Crippen LogP contribution is 1.42. The molecule has 0 aliphatic rings. The van der Waals surface area contributed by atoms with Crippen molar-refractivity contribution in [2.45, 2.75) is 0 Å². The summed E-state index contributed by atoms with van der Waals surface area (Å²) in [5.74, 6) is 0. The van der Waals surface area contributed by atoms with Crippen LogP contribution in [0.15, 0.2) is 0 Å². The minimum Gasteiger partial charge on any atom is -0.450 e. The van der Waals surface area contributed by atoms with Crippen LogP contribution >= 0.6 is 0 Å². The number of hydrogen-bond donors (Lipinski definition) is 3. The van der Waals surface area contributed by atoms with Gasteiger partial charge in [0.15, 0.2) is 0 Å². The third kappa shape index (κ3) is 2530000. The summed E-state index contributed by atoms with van der Waals surface area (Å²) in [6.07, 6.45) is -1.83. The van der Waals surface area contributed by atoms with Crippen LogP contribution in [0.5, 0.6) is 0 Å². The maximum absolute atomic E-state index is 8.56. The molecule has 0 rings (SSSR count). The summed E-state index contributed by atoms with van der Waals surface area (Å²) in [4.78, 5) is 8.56. The zero-order valence-electron chi connectivity index (χ0n) is 2.51. The number of carboxylic acid groups (broad SMARTS) is 2. The SMILES string of the molecule is N.O=C(O)O.[MgH2]. The molecular formula is CH7MgNO3. The van der Waals surface area contributed by atoms with Gasteiger partial charge in [-0.05, 0) is 0 Å². The molecule has 5 N–H and O–H groups in total. The van der Waals surface area contributed by atoms with Crippen molar-refractivity contribution in [1.29, 1.82) is 0 Å². The topological polar surface area (TPSA) is 92.5 Å². The summed E-state index contributed by atoms with van der Waals surface area (Å²) in [6, 6.07) is 0. The van der Waals surface area contributed by atoms with Gasteiger partial charge in [-0.25, -0.2) is 4.79 Å². The van der Waals surface area contributed by atoms with Crippen molar-refractivity contribution in [3.63, 3.8) is 0 Å². The second kappa shape index (κ2) is 8.89. The Morgan fingerprint density at radius 1 is 1.33 bits per heavy atom. The molecule has 6 heavy (non-hydrogen) atoms. The largest absolute Gasteiger partial charge is 0.503 e. The Hall–Kier alpha value is -0.00377. The van der Waals surface area contributed by atoms with E-state index in [1.807, 2.05) is 0 Å². The summed E-state index contributed by atoms with van der Waals surface area (Å²) in [6.45, 7) is 0. The van der Waals surface area contributed by atoms with Crippen molar-refractivity contribution < 1.29 is 15.0 Å². The molecule has 0 bridgehead atoms. The fourth-order valence-electron chi connectivity index (χ4n) is 0. The summed E-state index contributed by atoms with van der Waals surface area (Å²) in [7, 11) is 0. The monoisotopic (exact) mass is 105 g/mol.